The molecule has 0 unspecified atom stereocenters. The minimum Gasteiger partial charge on any atom is -0.383 e. The van der Waals surface area contributed by atoms with Gasteiger partial charge in [0.25, 0.3) is 0 Å². The summed E-state index contributed by atoms with van der Waals surface area (Å²) in [5.41, 5.74) is 6.88. The van der Waals surface area contributed by atoms with E-state index in [4.69, 9.17) is 10.5 Å². The van der Waals surface area contributed by atoms with Crippen LogP contribution >= 0.6 is 0 Å². The molecule has 1 aromatic rings. The van der Waals surface area contributed by atoms with E-state index in [1.54, 1.807) is 7.11 Å². The van der Waals surface area contributed by atoms with E-state index in [9.17, 15) is 0 Å². The lowest BCUT2D eigenvalue weighted by Gasteiger charge is -2.12. The topological polar surface area (TPSA) is 59.6 Å². The maximum Gasteiger partial charge on any atom is 0.189 e. The van der Waals surface area contributed by atoms with Crippen molar-refractivity contribution in [3.05, 3.63) is 35.9 Å². The van der Waals surface area contributed by atoms with Crippen LogP contribution in [0.4, 0.5) is 0 Å². The molecule has 1 rings (SSSR count). The molecule has 0 amide bonds. The highest BCUT2D eigenvalue weighted by Gasteiger charge is 2.00. The highest BCUT2D eigenvalue weighted by Crippen LogP contribution is 1.99. The molecule has 0 saturated heterocycles. The average molecular weight is 221 g/mol. The van der Waals surface area contributed by atoms with Crippen molar-refractivity contribution in [1.29, 1.82) is 0 Å². The van der Waals surface area contributed by atoms with E-state index >= 15 is 0 Å². The van der Waals surface area contributed by atoms with Gasteiger partial charge in [-0.2, -0.15) is 0 Å². The molecular weight excluding hydrogens is 202 g/mol. The number of rotatable bonds is 5. The van der Waals surface area contributed by atoms with Crippen molar-refractivity contribution in [2.24, 2.45) is 10.7 Å². The zero-order chi connectivity index (χ0) is 11.8. The van der Waals surface area contributed by atoms with Gasteiger partial charge in [-0.25, -0.2) is 4.99 Å². The Morgan fingerprint density at radius 2 is 2.12 bits per heavy atom. The molecule has 0 aromatic heterocycles. The number of nitrogens with two attached hydrogens (primary N) is 1. The number of guanidine groups is 1. The summed E-state index contributed by atoms with van der Waals surface area (Å²) in [5.74, 6) is 0.452. The second-order valence-corrected chi connectivity index (χ2v) is 3.69. The van der Waals surface area contributed by atoms with E-state index in [0.29, 0.717) is 19.1 Å². The van der Waals surface area contributed by atoms with E-state index in [1.807, 2.05) is 37.3 Å². The molecule has 0 spiro atoms. The van der Waals surface area contributed by atoms with E-state index in [2.05, 4.69) is 10.3 Å². The Morgan fingerprint density at radius 3 is 2.75 bits per heavy atom. The molecule has 0 aliphatic rings. The van der Waals surface area contributed by atoms with Crippen molar-refractivity contribution in [2.75, 3.05) is 13.7 Å². The number of methoxy groups -OCH3 is 1. The summed E-state index contributed by atoms with van der Waals surface area (Å²) in [4.78, 5) is 4.24. The molecule has 1 aromatic carbocycles. The molecular formula is C12H19N3O. The summed E-state index contributed by atoms with van der Waals surface area (Å²) in [5, 5.41) is 3.05. The van der Waals surface area contributed by atoms with Crippen LogP contribution in [0.15, 0.2) is 35.3 Å². The Labute approximate surface area is 96.5 Å². The van der Waals surface area contributed by atoms with Gasteiger partial charge in [0.15, 0.2) is 5.96 Å². The van der Waals surface area contributed by atoms with Gasteiger partial charge in [-0.15, -0.1) is 0 Å². The Hall–Kier alpha value is -1.55. The molecule has 0 saturated carbocycles. The smallest absolute Gasteiger partial charge is 0.189 e. The van der Waals surface area contributed by atoms with Crippen LogP contribution in [0.5, 0.6) is 0 Å². The van der Waals surface area contributed by atoms with Crippen LogP contribution < -0.4 is 11.1 Å². The molecule has 0 aliphatic carbocycles. The maximum atomic E-state index is 5.74. The van der Waals surface area contributed by atoms with Crippen LogP contribution in [-0.2, 0) is 11.3 Å². The molecule has 4 heteroatoms. The monoisotopic (exact) mass is 221 g/mol. The van der Waals surface area contributed by atoms with Crippen LogP contribution in [0.3, 0.4) is 0 Å². The van der Waals surface area contributed by atoms with Crippen molar-refractivity contribution in [3.63, 3.8) is 0 Å². The fraction of sp³-hybridized carbons (Fsp3) is 0.417. The third-order valence-electron chi connectivity index (χ3n) is 2.09. The fourth-order valence-corrected chi connectivity index (χ4v) is 1.35. The number of ether oxygens (including phenoxy) is 1. The number of nitrogens with zero attached hydrogens (tertiary/aromatic N) is 1. The van der Waals surface area contributed by atoms with E-state index in [0.717, 1.165) is 5.56 Å². The summed E-state index contributed by atoms with van der Waals surface area (Å²) >= 11 is 0. The highest BCUT2D eigenvalue weighted by atomic mass is 16.5. The fourth-order valence-electron chi connectivity index (χ4n) is 1.35. The quantitative estimate of drug-likeness (QED) is 0.578. The van der Waals surface area contributed by atoms with Gasteiger partial charge in [0.05, 0.1) is 13.2 Å². The second kappa shape index (κ2) is 6.85. The van der Waals surface area contributed by atoms with Crippen LogP contribution in [-0.4, -0.2) is 25.7 Å². The van der Waals surface area contributed by atoms with Crippen LogP contribution in [0.1, 0.15) is 12.5 Å². The Kier molecular flexibility index (Phi) is 5.36. The Bertz CT molecular complexity index is 324. The maximum absolute atomic E-state index is 5.74. The third kappa shape index (κ3) is 4.79. The molecule has 88 valence electrons. The van der Waals surface area contributed by atoms with Gasteiger partial charge in [0.1, 0.15) is 0 Å². The zero-order valence-corrected chi connectivity index (χ0v) is 9.81. The second-order valence-electron chi connectivity index (χ2n) is 3.69. The van der Waals surface area contributed by atoms with E-state index in [-0.39, 0.29) is 6.04 Å². The first kappa shape index (κ1) is 12.5. The zero-order valence-electron chi connectivity index (χ0n) is 9.81. The standard InChI is InChI=1S/C12H19N3O/c1-10(9-16-2)15-12(13)14-8-11-6-4-3-5-7-11/h3-7,10H,8-9H2,1-2H3,(H3,13,14,15)/t10-/m1/s1. The van der Waals surface area contributed by atoms with Gasteiger partial charge in [-0.3, -0.25) is 0 Å². The first-order chi connectivity index (χ1) is 7.72. The molecule has 0 fully saturated rings. The summed E-state index contributed by atoms with van der Waals surface area (Å²) in [7, 11) is 1.66. The Balaban J connectivity index is 2.39. The molecule has 1 atom stereocenters. The van der Waals surface area contributed by atoms with Crippen LogP contribution in [0.2, 0.25) is 0 Å². The van der Waals surface area contributed by atoms with E-state index < -0.39 is 0 Å². The van der Waals surface area contributed by atoms with Crippen molar-refractivity contribution >= 4 is 5.96 Å². The van der Waals surface area contributed by atoms with Crippen molar-refractivity contribution < 1.29 is 4.74 Å². The summed E-state index contributed by atoms with van der Waals surface area (Å²) in [6.07, 6.45) is 0. The highest BCUT2D eigenvalue weighted by molar-refractivity contribution is 5.78. The molecule has 4 nitrogen and oxygen atoms in total. The predicted octanol–water partition coefficient (Wildman–Crippen LogP) is 1.13. The summed E-state index contributed by atoms with van der Waals surface area (Å²) < 4.78 is 4.99. The van der Waals surface area contributed by atoms with Gasteiger partial charge < -0.3 is 15.8 Å². The lowest BCUT2D eigenvalue weighted by atomic mass is 10.2. The molecule has 3 N–H and O–H groups in total. The first-order valence-electron chi connectivity index (χ1n) is 5.31. The van der Waals surface area contributed by atoms with Crippen molar-refractivity contribution in [1.82, 2.24) is 5.32 Å². The number of hydrogen-bond donors (Lipinski definition) is 2. The van der Waals surface area contributed by atoms with E-state index in [1.165, 1.54) is 0 Å². The molecule has 0 bridgehead atoms. The molecule has 0 heterocycles. The predicted molar refractivity (Wildman–Crippen MR) is 66.2 cm³/mol. The summed E-state index contributed by atoms with van der Waals surface area (Å²) in [6.45, 7) is 3.20. The van der Waals surface area contributed by atoms with Gasteiger partial charge in [-0.1, -0.05) is 30.3 Å². The minimum atomic E-state index is 0.171. The summed E-state index contributed by atoms with van der Waals surface area (Å²) in [6, 6.07) is 10.2. The lowest BCUT2D eigenvalue weighted by molar-refractivity contribution is 0.179. The first-order valence-corrected chi connectivity index (χ1v) is 5.31. The third-order valence-corrected chi connectivity index (χ3v) is 2.09. The van der Waals surface area contributed by atoms with Crippen molar-refractivity contribution in [2.45, 2.75) is 19.5 Å². The minimum absolute atomic E-state index is 0.171. The van der Waals surface area contributed by atoms with Gasteiger partial charge in [0, 0.05) is 13.2 Å². The number of nitrogens with one attached hydrogen (secondary N) is 1. The molecule has 16 heavy (non-hydrogen) atoms. The average Bonchev–Trinajstić information content (AvgIpc) is 2.28. The number of hydrogen-bond acceptors (Lipinski definition) is 2. The molecule has 0 radical (unpaired) electrons. The van der Waals surface area contributed by atoms with Crippen LogP contribution in [0.25, 0.3) is 0 Å². The van der Waals surface area contributed by atoms with Gasteiger partial charge >= 0.3 is 0 Å². The lowest BCUT2D eigenvalue weighted by Crippen LogP contribution is -2.40. The van der Waals surface area contributed by atoms with Gasteiger partial charge in [-0.05, 0) is 12.5 Å². The van der Waals surface area contributed by atoms with Gasteiger partial charge in [0.2, 0.25) is 0 Å². The molecule has 0 aliphatic heterocycles. The SMILES string of the molecule is COC[C@@H](C)NC(N)=NCc1ccccc1. The Morgan fingerprint density at radius 1 is 1.44 bits per heavy atom. The largest absolute Gasteiger partial charge is 0.383 e. The van der Waals surface area contributed by atoms with Crippen LogP contribution in [0, 0.1) is 0 Å². The number of benzene rings is 1. The number of aliphatic imine (C=N–C) groups is 1. The normalized spacial score (nSPS) is 13.5. The van der Waals surface area contributed by atoms with Crippen molar-refractivity contribution in [3.8, 4) is 0 Å².